The van der Waals surface area contributed by atoms with Crippen LogP contribution in [0, 0.1) is 0 Å². The predicted octanol–water partition coefficient (Wildman–Crippen LogP) is 16.0. The van der Waals surface area contributed by atoms with Crippen molar-refractivity contribution in [2.75, 3.05) is 0 Å². The molecule has 0 radical (unpaired) electrons. The summed E-state index contributed by atoms with van der Waals surface area (Å²) in [6, 6.07) is 91.9. The second-order valence-electron chi connectivity index (χ2n) is 16.8. The van der Waals surface area contributed by atoms with Crippen molar-refractivity contribution in [2.45, 2.75) is 5.41 Å². The molecule has 1 aromatic heterocycles. The van der Waals surface area contributed by atoms with E-state index in [2.05, 4.69) is 237 Å². The van der Waals surface area contributed by atoms with Gasteiger partial charge in [-0.2, -0.15) is 0 Å². The Morgan fingerprint density at radius 3 is 1.43 bits per heavy atom. The van der Waals surface area contributed by atoms with Gasteiger partial charge in [-0.15, -0.1) is 0 Å². The van der Waals surface area contributed by atoms with Gasteiger partial charge in [-0.25, -0.2) is 9.97 Å². The van der Waals surface area contributed by atoms with Crippen LogP contribution < -0.4 is 0 Å². The van der Waals surface area contributed by atoms with Gasteiger partial charge in [0.15, 0.2) is 5.82 Å². The molecular weight excluding hydrogens is 785 g/mol. The molecule has 0 spiro atoms. The normalized spacial score (nSPS) is 12.4. The van der Waals surface area contributed by atoms with E-state index in [0.717, 1.165) is 39.0 Å². The monoisotopic (exact) mass is 826 g/mol. The fourth-order valence-corrected chi connectivity index (χ4v) is 10.2. The minimum atomic E-state index is -0.423. The van der Waals surface area contributed by atoms with E-state index in [1.54, 1.807) is 0 Å². The Hall–Kier alpha value is -8.46. The van der Waals surface area contributed by atoms with E-state index in [1.165, 1.54) is 66.6 Å². The fourth-order valence-electron chi connectivity index (χ4n) is 10.2. The van der Waals surface area contributed by atoms with Gasteiger partial charge in [-0.3, -0.25) is 0 Å². The molecular formula is C63H42N2. The second-order valence-corrected chi connectivity index (χ2v) is 16.8. The first-order valence-electron chi connectivity index (χ1n) is 22.3. The molecule has 1 aliphatic carbocycles. The highest BCUT2D eigenvalue weighted by atomic mass is 14.9. The number of aromatic nitrogens is 2. The standard InChI is InChI=1S/C63H42N2/c1-5-19-43(20-6-1)45-23-18-26-49(40-45)60-42-61(65-62(64-60)44-21-7-2-8-22-44)56-37-36-52(53-31-13-14-32-54(53)56)48-25-17-24-46(39-48)47-35-38-59-57(41-47)55-33-15-16-34-58(55)63(59,50-27-9-3-10-28-50)51-29-11-4-12-30-51/h1-42H. The van der Waals surface area contributed by atoms with Crippen LogP contribution in [-0.2, 0) is 5.41 Å². The van der Waals surface area contributed by atoms with Crippen LogP contribution in [0.15, 0.2) is 255 Å². The summed E-state index contributed by atoms with van der Waals surface area (Å²) in [5.74, 6) is 0.700. The quantitative estimate of drug-likeness (QED) is 0.152. The van der Waals surface area contributed by atoms with E-state index in [9.17, 15) is 0 Å². The molecule has 0 aliphatic heterocycles. The zero-order valence-corrected chi connectivity index (χ0v) is 35.6. The van der Waals surface area contributed by atoms with Gasteiger partial charge in [-0.1, -0.05) is 231 Å². The van der Waals surface area contributed by atoms with Gasteiger partial charge >= 0.3 is 0 Å². The summed E-state index contributed by atoms with van der Waals surface area (Å²) >= 11 is 0. The number of fused-ring (bicyclic) bond motifs is 4. The molecule has 0 unspecified atom stereocenters. The zero-order chi connectivity index (χ0) is 43.2. The lowest BCUT2D eigenvalue weighted by atomic mass is 9.67. The van der Waals surface area contributed by atoms with Gasteiger partial charge in [0.2, 0.25) is 0 Å². The van der Waals surface area contributed by atoms with Gasteiger partial charge in [-0.05, 0) is 102 Å². The van der Waals surface area contributed by atoms with Crippen molar-refractivity contribution in [1.82, 2.24) is 9.97 Å². The number of hydrogen-bond donors (Lipinski definition) is 0. The highest BCUT2D eigenvalue weighted by Gasteiger charge is 2.46. The SMILES string of the molecule is c1ccc(-c2cccc(-c3cc(-c4ccc(-c5cccc(-c6ccc7c(c6)-c6ccccc6C7(c6ccccc6)c6ccccc6)c5)c5ccccc45)nc(-c4ccccc4)n3)c2)cc1. The number of hydrogen-bond acceptors (Lipinski definition) is 2. The van der Waals surface area contributed by atoms with Gasteiger partial charge in [0.05, 0.1) is 16.8 Å². The van der Waals surface area contributed by atoms with E-state index < -0.39 is 5.41 Å². The molecule has 0 atom stereocenters. The van der Waals surface area contributed by atoms with Crippen molar-refractivity contribution >= 4 is 10.8 Å². The molecule has 12 rings (SSSR count). The van der Waals surface area contributed by atoms with Crippen molar-refractivity contribution in [3.05, 3.63) is 277 Å². The fraction of sp³-hybridized carbons (Fsp3) is 0.0159. The Kier molecular flexibility index (Phi) is 9.43. The third kappa shape index (κ3) is 6.58. The van der Waals surface area contributed by atoms with Gasteiger partial charge in [0, 0.05) is 16.7 Å². The second kappa shape index (κ2) is 16.0. The Labute approximate surface area is 379 Å². The minimum absolute atomic E-state index is 0.423. The van der Waals surface area contributed by atoms with Gasteiger partial charge in [0.1, 0.15) is 0 Å². The van der Waals surface area contributed by atoms with Crippen LogP contribution in [0.1, 0.15) is 22.3 Å². The average molecular weight is 827 g/mol. The molecule has 0 saturated heterocycles. The lowest BCUT2D eigenvalue weighted by Crippen LogP contribution is -2.28. The molecule has 0 saturated carbocycles. The van der Waals surface area contributed by atoms with E-state index >= 15 is 0 Å². The molecule has 0 fully saturated rings. The Bertz CT molecular complexity index is 3480. The Morgan fingerprint density at radius 2 is 0.723 bits per heavy atom. The highest BCUT2D eigenvalue weighted by molar-refractivity contribution is 6.05. The smallest absolute Gasteiger partial charge is 0.160 e. The summed E-state index contributed by atoms with van der Waals surface area (Å²) < 4.78 is 0. The van der Waals surface area contributed by atoms with Crippen LogP contribution in [0.25, 0.3) is 89.2 Å². The number of rotatable bonds is 8. The number of nitrogens with zero attached hydrogens (tertiary/aromatic N) is 2. The first kappa shape index (κ1) is 38.2. The van der Waals surface area contributed by atoms with Gasteiger partial charge < -0.3 is 0 Å². The van der Waals surface area contributed by atoms with E-state index in [4.69, 9.17) is 9.97 Å². The zero-order valence-electron chi connectivity index (χ0n) is 35.6. The van der Waals surface area contributed by atoms with Crippen LogP contribution in [0.2, 0.25) is 0 Å². The van der Waals surface area contributed by atoms with Crippen LogP contribution in [0.5, 0.6) is 0 Å². The maximum absolute atomic E-state index is 5.27. The molecule has 2 heteroatoms. The molecule has 1 heterocycles. The molecule has 0 amide bonds. The number of benzene rings is 10. The third-order valence-corrected chi connectivity index (χ3v) is 13.2. The molecule has 11 aromatic rings. The molecule has 0 bridgehead atoms. The van der Waals surface area contributed by atoms with Crippen molar-refractivity contribution < 1.29 is 0 Å². The average Bonchev–Trinajstić information content (AvgIpc) is 3.69. The highest BCUT2D eigenvalue weighted by Crippen LogP contribution is 2.56. The van der Waals surface area contributed by atoms with Crippen LogP contribution in [0.3, 0.4) is 0 Å². The summed E-state index contributed by atoms with van der Waals surface area (Å²) in [5.41, 5.74) is 19.2. The largest absolute Gasteiger partial charge is 0.228 e. The molecule has 65 heavy (non-hydrogen) atoms. The van der Waals surface area contributed by atoms with Crippen molar-refractivity contribution in [2.24, 2.45) is 0 Å². The van der Waals surface area contributed by atoms with Crippen molar-refractivity contribution in [1.29, 1.82) is 0 Å². The molecule has 0 N–H and O–H groups in total. The molecule has 1 aliphatic rings. The summed E-state index contributed by atoms with van der Waals surface area (Å²) in [6.07, 6.45) is 0. The van der Waals surface area contributed by atoms with Crippen LogP contribution >= 0.6 is 0 Å². The first-order chi connectivity index (χ1) is 32.2. The van der Waals surface area contributed by atoms with Crippen molar-refractivity contribution in [3.63, 3.8) is 0 Å². The Morgan fingerprint density at radius 1 is 0.246 bits per heavy atom. The molecule has 2 nitrogen and oxygen atoms in total. The molecule has 304 valence electrons. The predicted molar refractivity (Wildman–Crippen MR) is 269 cm³/mol. The van der Waals surface area contributed by atoms with Crippen molar-refractivity contribution in [3.8, 4) is 78.4 Å². The van der Waals surface area contributed by atoms with Gasteiger partial charge in [0.25, 0.3) is 0 Å². The topological polar surface area (TPSA) is 25.8 Å². The summed E-state index contributed by atoms with van der Waals surface area (Å²) in [4.78, 5) is 10.4. The third-order valence-electron chi connectivity index (χ3n) is 13.2. The molecule has 10 aromatic carbocycles. The summed E-state index contributed by atoms with van der Waals surface area (Å²) in [6.45, 7) is 0. The van der Waals surface area contributed by atoms with E-state index in [-0.39, 0.29) is 0 Å². The maximum Gasteiger partial charge on any atom is 0.160 e. The van der Waals surface area contributed by atoms with E-state index in [1.807, 2.05) is 18.2 Å². The van der Waals surface area contributed by atoms with E-state index in [0.29, 0.717) is 5.82 Å². The van der Waals surface area contributed by atoms with Crippen LogP contribution in [-0.4, -0.2) is 9.97 Å². The first-order valence-corrected chi connectivity index (χ1v) is 22.3. The Balaban J connectivity index is 0.967. The maximum atomic E-state index is 5.27. The minimum Gasteiger partial charge on any atom is -0.228 e. The van der Waals surface area contributed by atoms with Crippen LogP contribution in [0.4, 0.5) is 0 Å². The summed E-state index contributed by atoms with van der Waals surface area (Å²) in [7, 11) is 0. The lowest BCUT2D eigenvalue weighted by Gasteiger charge is -2.33. The summed E-state index contributed by atoms with van der Waals surface area (Å²) in [5, 5.41) is 2.32. The lowest BCUT2D eigenvalue weighted by molar-refractivity contribution is 0.768.